The molecular weight excluding hydrogens is 703 g/mol. The van der Waals surface area contributed by atoms with Crippen molar-refractivity contribution in [3.63, 3.8) is 0 Å². The smallest absolute Gasteiger partial charge is 0.259 e. The van der Waals surface area contributed by atoms with E-state index in [1.807, 2.05) is 65.0 Å². The number of carbonyl (C=O) groups excluding carboxylic acids is 6. The molecule has 0 bridgehead atoms. The third kappa shape index (κ3) is 8.69. The molecule has 4 aliphatic heterocycles. The van der Waals surface area contributed by atoms with Gasteiger partial charge in [0.2, 0.25) is 29.4 Å². The van der Waals surface area contributed by atoms with Crippen molar-refractivity contribution in [3.05, 3.63) is 40.7 Å². The highest BCUT2D eigenvalue weighted by molar-refractivity contribution is 7.13. The highest BCUT2D eigenvalue weighted by atomic mass is 32.1. The first-order valence-corrected chi connectivity index (χ1v) is 19.3. The molecule has 3 N–H and O–H groups in total. The third-order valence-electron chi connectivity index (χ3n) is 10.4. The molecule has 4 fully saturated rings. The van der Waals surface area contributed by atoms with Crippen LogP contribution < -0.4 is 16.0 Å². The van der Waals surface area contributed by atoms with Gasteiger partial charge in [0.1, 0.15) is 12.1 Å². The lowest BCUT2D eigenvalue weighted by atomic mass is 9.84. The van der Waals surface area contributed by atoms with Crippen molar-refractivity contribution >= 4 is 46.5 Å². The number of thiazole rings is 1. The maximum Gasteiger partial charge on any atom is 0.259 e. The van der Waals surface area contributed by atoms with E-state index in [0.29, 0.717) is 31.7 Å². The minimum absolute atomic E-state index is 0.0287. The molecular formula is C38H49N5O9S. The van der Waals surface area contributed by atoms with Crippen molar-refractivity contribution in [1.82, 2.24) is 25.8 Å². The van der Waals surface area contributed by atoms with Crippen LogP contribution in [0.25, 0.3) is 11.3 Å². The number of Topliss-reactive ketones (excluding diaryl/α,β-unsaturated/α-hetero) is 2. The molecule has 5 heterocycles. The fraction of sp³-hybridized carbons (Fsp3) is 0.605. The van der Waals surface area contributed by atoms with E-state index in [4.69, 9.17) is 14.2 Å². The van der Waals surface area contributed by atoms with E-state index in [2.05, 4.69) is 20.9 Å². The molecule has 15 heteroatoms. The van der Waals surface area contributed by atoms with E-state index >= 15 is 0 Å². The topological polar surface area (TPSA) is 182 Å². The van der Waals surface area contributed by atoms with E-state index in [9.17, 15) is 28.8 Å². The predicted octanol–water partition coefficient (Wildman–Crippen LogP) is 2.51. The Morgan fingerprint density at radius 2 is 1.81 bits per heavy atom. The Bertz CT molecular complexity index is 1710. The number of nitrogens with zero attached hydrogens (tertiary/aromatic N) is 2. The fourth-order valence-corrected chi connectivity index (χ4v) is 8.38. The van der Waals surface area contributed by atoms with E-state index in [1.165, 1.54) is 4.90 Å². The zero-order valence-corrected chi connectivity index (χ0v) is 31.6. The van der Waals surface area contributed by atoms with Crippen molar-refractivity contribution < 1.29 is 43.0 Å². The number of hydrogen-bond acceptors (Lipinski definition) is 11. The molecule has 4 amide bonds. The minimum atomic E-state index is -1.35. The van der Waals surface area contributed by atoms with Crippen LogP contribution in [0.3, 0.4) is 0 Å². The summed E-state index contributed by atoms with van der Waals surface area (Å²) in [5.74, 6) is -4.66. The van der Waals surface area contributed by atoms with Crippen LogP contribution in [0, 0.1) is 23.2 Å². The molecule has 14 nitrogen and oxygen atoms in total. The maximum absolute atomic E-state index is 14.5. The molecule has 0 saturated carbocycles. The number of ketones is 2. The molecule has 53 heavy (non-hydrogen) atoms. The van der Waals surface area contributed by atoms with Gasteiger partial charge in [-0.25, -0.2) is 4.98 Å². The molecule has 2 aromatic rings. The molecule has 8 atom stereocenters. The molecule has 4 aliphatic rings. The fourth-order valence-electron chi connectivity index (χ4n) is 7.61. The van der Waals surface area contributed by atoms with Crippen LogP contribution >= 0.6 is 11.3 Å². The van der Waals surface area contributed by atoms with Gasteiger partial charge in [0.05, 0.1) is 43.1 Å². The first-order chi connectivity index (χ1) is 25.2. The number of amides is 4. The van der Waals surface area contributed by atoms with Gasteiger partial charge in [0.15, 0.2) is 11.3 Å². The molecule has 1 aromatic heterocycles. The molecule has 1 aromatic carbocycles. The minimum Gasteiger partial charge on any atom is -0.374 e. The molecule has 0 radical (unpaired) electrons. The van der Waals surface area contributed by atoms with Gasteiger partial charge in [-0.15, -0.1) is 11.3 Å². The normalized spacial score (nSPS) is 26.6. The molecule has 5 unspecified atom stereocenters. The third-order valence-corrected chi connectivity index (χ3v) is 11.2. The number of likely N-dealkylation sites (tertiary alicyclic amines) is 1. The van der Waals surface area contributed by atoms with E-state index in [-0.39, 0.29) is 54.8 Å². The summed E-state index contributed by atoms with van der Waals surface area (Å²) in [5, 5.41) is 10.1. The Balaban J connectivity index is 1.23. The first kappa shape index (κ1) is 38.7. The summed E-state index contributed by atoms with van der Waals surface area (Å²) in [6.45, 7) is 10.4. The lowest BCUT2D eigenvalue weighted by molar-refractivity contribution is -0.145. The number of hydrogen-bond donors (Lipinski definition) is 3. The van der Waals surface area contributed by atoms with Gasteiger partial charge in [-0.3, -0.25) is 28.8 Å². The van der Waals surface area contributed by atoms with Crippen molar-refractivity contribution in [3.8, 4) is 11.3 Å². The Labute approximate surface area is 313 Å². The second kappa shape index (κ2) is 16.1. The van der Waals surface area contributed by atoms with Gasteiger partial charge in [-0.2, -0.15) is 0 Å². The Morgan fingerprint density at radius 3 is 2.49 bits per heavy atom. The standard InChI is InChI=1S/C38H49N5O9S/c1-20(2)52-23-16-28(43(17-23)36(49)31(38(3,4)5)42-33(47)25-18-51-37-24(25)12-14-50-37)34(48)40-26(15-22-11-13-39-32(22)46)29(44)30(45)35-41-27(19-53-35)21-9-7-6-8-10-21/h6-10,19-20,22-26,28,31,37H,11-18H2,1-5H3,(H,39,46)(H,40,48)(H,42,47)/t22?,23-,24?,25?,26?,28+,31-,37?/m1/s1. The summed E-state index contributed by atoms with van der Waals surface area (Å²) in [6, 6.07) is 5.80. The van der Waals surface area contributed by atoms with Crippen LogP contribution in [0.1, 0.15) is 70.1 Å². The summed E-state index contributed by atoms with van der Waals surface area (Å²) in [7, 11) is 0. The summed E-state index contributed by atoms with van der Waals surface area (Å²) in [5.41, 5.74) is 0.573. The SMILES string of the molecule is CC(C)O[C@@H]1C[C@@H](C(=O)NC(CC2CCNC2=O)C(=O)C(=O)c2nc(-c3ccccc3)cs2)N(C(=O)[C@@H](NC(=O)C2COC3OCCC32)C(C)(C)C)C1. The van der Waals surface area contributed by atoms with Gasteiger partial charge >= 0.3 is 0 Å². The highest BCUT2D eigenvalue weighted by Gasteiger charge is 2.49. The number of fused-ring (bicyclic) bond motifs is 1. The van der Waals surface area contributed by atoms with Crippen LogP contribution in [-0.4, -0.2) is 108 Å². The average molecular weight is 752 g/mol. The zero-order valence-electron chi connectivity index (χ0n) is 30.8. The maximum atomic E-state index is 14.5. The lowest BCUT2D eigenvalue weighted by Gasteiger charge is -2.36. The van der Waals surface area contributed by atoms with Crippen LogP contribution in [0.5, 0.6) is 0 Å². The molecule has 6 rings (SSSR count). The monoisotopic (exact) mass is 751 g/mol. The van der Waals surface area contributed by atoms with Crippen molar-refractivity contribution in [1.29, 1.82) is 0 Å². The summed E-state index contributed by atoms with van der Waals surface area (Å²) in [6.07, 6.45) is 0.00991. The lowest BCUT2D eigenvalue weighted by Crippen LogP contribution is -2.59. The van der Waals surface area contributed by atoms with Crippen LogP contribution in [0.15, 0.2) is 35.7 Å². The number of carbonyl (C=O) groups is 6. The largest absolute Gasteiger partial charge is 0.374 e. The predicted molar refractivity (Wildman–Crippen MR) is 193 cm³/mol. The van der Waals surface area contributed by atoms with Gasteiger partial charge in [0, 0.05) is 42.3 Å². The van der Waals surface area contributed by atoms with Gasteiger partial charge in [0.25, 0.3) is 5.78 Å². The van der Waals surface area contributed by atoms with Gasteiger partial charge < -0.3 is 35.1 Å². The van der Waals surface area contributed by atoms with E-state index < -0.39 is 71.2 Å². The van der Waals surface area contributed by atoms with E-state index in [1.54, 1.807) is 5.38 Å². The van der Waals surface area contributed by atoms with E-state index in [0.717, 1.165) is 16.9 Å². The van der Waals surface area contributed by atoms with Crippen molar-refractivity contribution in [2.24, 2.45) is 23.2 Å². The van der Waals surface area contributed by atoms with Gasteiger partial charge in [-0.1, -0.05) is 51.1 Å². The number of rotatable bonds is 13. The average Bonchev–Trinajstić information content (AvgIpc) is 3.95. The van der Waals surface area contributed by atoms with Gasteiger partial charge in [-0.05, 0) is 38.5 Å². The second-order valence-electron chi connectivity index (χ2n) is 15.7. The van der Waals surface area contributed by atoms with Crippen LogP contribution in [0.4, 0.5) is 0 Å². The Kier molecular flexibility index (Phi) is 11.8. The number of benzene rings is 1. The number of ether oxygens (including phenoxy) is 3. The van der Waals surface area contributed by atoms with Crippen molar-refractivity contribution in [2.75, 3.05) is 26.3 Å². The zero-order chi connectivity index (χ0) is 38.0. The summed E-state index contributed by atoms with van der Waals surface area (Å²) >= 11 is 1.03. The molecule has 286 valence electrons. The highest BCUT2D eigenvalue weighted by Crippen LogP contribution is 2.36. The van der Waals surface area contributed by atoms with Crippen LogP contribution in [0.2, 0.25) is 0 Å². The summed E-state index contributed by atoms with van der Waals surface area (Å²) in [4.78, 5) is 88.4. The second-order valence-corrected chi connectivity index (χ2v) is 16.5. The number of aromatic nitrogens is 1. The Hall–Kier alpha value is -4.05. The molecule has 4 saturated heterocycles. The van der Waals surface area contributed by atoms with Crippen LogP contribution in [-0.2, 0) is 38.2 Å². The van der Waals surface area contributed by atoms with Crippen molar-refractivity contribution in [2.45, 2.75) is 96.9 Å². The summed E-state index contributed by atoms with van der Waals surface area (Å²) < 4.78 is 17.4. The molecule has 0 aliphatic carbocycles. The number of nitrogens with one attached hydrogen (secondary N) is 3. The Morgan fingerprint density at radius 1 is 1.06 bits per heavy atom. The molecule has 0 spiro atoms. The quantitative estimate of drug-likeness (QED) is 0.203. The first-order valence-electron chi connectivity index (χ1n) is 18.4.